The Kier molecular flexibility index (Phi) is 5.90. The molecule has 0 unspecified atom stereocenters. The Morgan fingerprint density at radius 3 is 3.00 bits per heavy atom. The van der Waals surface area contributed by atoms with Gasteiger partial charge in [0.2, 0.25) is 0 Å². The standard InChI is InChI=1S/C14H23N3O5/c1-9-7-17(14(20)16-13(9)19)12-6-10(18)11(22-12)8-21-5-3-2-4-15/h7,10-12,18H,2-6,8,15H2,1H3,(H,16,19,20)/t10-,11+,12+/m0/s1. The van der Waals surface area contributed by atoms with Crippen LogP contribution in [-0.4, -0.2) is 46.6 Å². The van der Waals surface area contributed by atoms with Gasteiger partial charge in [0.1, 0.15) is 12.3 Å². The highest BCUT2D eigenvalue weighted by atomic mass is 16.6. The number of rotatable bonds is 7. The summed E-state index contributed by atoms with van der Waals surface area (Å²) in [4.78, 5) is 25.4. The van der Waals surface area contributed by atoms with Crippen molar-refractivity contribution in [3.8, 4) is 0 Å². The summed E-state index contributed by atoms with van der Waals surface area (Å²) in [6.07, 6.45) is 1.69. The van der Waals surface area contributed by atoms with Gasteiger partial charge in [-0.05, 0) is 26.3 Å². The maximum atomic E-state index is 11.8. The van der Waals surface area contributed by atoms with Crippen molar-refractivity contribution in [2.75, 3.05) is 19.8 Å². The van der Waals surface area contributed by atoms with E-state index in [1.807, 2.05) is 0 Å². The van der Waals surface area contributed by atoms with Crippen LogP contribution in [0.25, 0.3) is 0 Å². The Hall–Kier alpha value is -1.48. The molecule has 3 atom stereocenters. The summed E-state index contributed by atoms with van der Waals surface area (Å²) in [5.41, 5.74) is 4.85. The summed E-state index contributed by atoms with van der Waals surface area (Å²) in [6, 6.07) is 0. The van der Waals surface area contributed by atoms with Gasteiger partial charge in [0.25, 0.3) is 5.56 Å². The molecular weight excluding hydrogens is 290 g/mol. The fourth-order valence-electron chi connectivity index (χ4n) is 2.38. The van der Waals surface area contributed by atoms with Crippen LogP contribution in [0.3, 0.4) is 0 Å². The molecule has 0 spiro atoms. The SMILES string of the molecule is Cc1cn([C@H]2C[C@H](O)[C@@H](COCCCCN)O2)c(=O)[nH]c1=O. The lowest BCUT2D eigenvalue weighted by Crippen LogP contribution is -2.33. The second-order valence-electron chi connectivity index (χ2n) is 5.48. The first-order valence-corrected chi connectivity index (χ1v) is 7.46. The minimum absolute atomic E-state index is 0.263. The lowest BCUT2D eigenvalue weighted by atomic mass is 10.2. The van der Waals surface area contributed by atoms with Gasteiger partial charge in [0, 0.05) is 24.8 Å². The number of nitrogens with one attached hydrogen (secondary N) is 1. The van der Waals surface area contributed by atoms with E-state index >= 15 is 0 Å². The molecule has 8 heteroatoms. The Labute approximate surface area is 127 Å². The third-order valence-electron chi connectivity index (χ3n) is 3.69. The fourth-order valence-corrected chi connectivity index (χ4v) is 2.38. The fraction of sp³-hybridized carbons (Fsp3) is 0.714. The van der Waals surface area contributed by atoms with Crippen LogP contribution in [0, 0.1) is 6.92 Å². The second-order valence-corrected chi connectivity index (χ2v) is 5.48. The Morgan fingerprint density at radius 1 is 1.50 bits per heavy atom. The number of aryl methyl sites for hydroxylation is 1. The predicted octanol–water partition coefficient (Wildman–Crippen LogP) is -0.751. The largest absolute Gasteiger partial charge is 0.390 e. The highest BCUT2D eigenvalue weighted by molar-refractivity contribution is 5.02. The van der Waals surface area contributed by atoms with E-state index in [2.05, 4.69) is 4.98 Å². The molecule has 1 saturated heterocycles. The third kappa shape index (κ3) is 4.04. The molecule has 1 aliphatic heterocycles. The van der Waals surface area contributed by atoms with Gasteiger partial charge in [-0.3, -0.25) is 14.3 Å². The Bertz CT molecular complexity index is 597. The molecule has 0 saturated carbocycles. The van der Waals surface area contributed by atoms with Crippen LogP contribution < -0.4 is 17.0 Å². The van der Waals surface area contributed by atoms with Crippen LogP contribution in [-0.2, 0) is 9.47 Å². The van der Waals surface area contributed by atoms with Crippen LogP contribution in [0.15, 0.2) is 15.8 Å². The van der Waals surface area contributed by atoms with E-state index in [0.717, 1.165) is 12.8 Å². The number of hydrogen-bond donors (Lipinski definition) is 3. The van der Waals surface area contributed by atoms with Gasteiger partial charge in [-0.1, -0.05) is 0 Å². The molecule has 0 aliphatic carbocycles. The topological polar surface area (TPSA) is 120 Å². The number of nitrogens with zero attached hydrogens (tertiary/aromatic N) is 1. The van der Waals surface area contributed by atoms with E-state index in [1.54, 1.807) is 6.92 Å². The zero-order valence-corrected chi connectivity index (χ0v) is 12.7. The molecule has 8 nitrogen and oxygen atoms in total. The lowest BCUT2D eigenvalue weighted by molar-refractivity contribution is -0.0637. The summed E-state index contributed by atoms with van der Waals surface area (Å²) >= 11 is 0. The first kappa shape index (κ1) is 16.9. The Balaban J connectivity index is 1.94. The maximum absolute atomic E-state index is 11.8. The monoisotopic (exact) mass is 313 g/mol. The third-order valence-corrected chi connectivity index (χ3v) is 3.69. The van der Waals surface area contributed by atoms with Gasteiger partial charge in [-0.2, -0.15) is 0 Å². The smallest absolute Gasteiger partial charge is 0.330 e. The van der Waals surface area contributed by atoms with Crippen LogP contribution in [0.4, 0.5) is 0 Å². The van der Waals surface area contributed by atoms with E-state index in [-0.39, 0.29) is 13.0 Å². The van der Waals surface area contributed by atoms with Gasteiger partial charge >= 0.3 is 5.69 Å². The van der Waals surface area contributed by atoms with E-state index < -0.39 is 29.7 Å². The molecule has 0 aromatic carbocycles. The number of ether oxygens (including phenoxy) is 2. The molecule has 1 aromatic heterocycles. The van der Waals surface area contributed by atoms with Crippen molar-refractivity contribution in [3.63, 3.8) is 0 Å². The summed E-state index contributed by atoms with van der Waals surface area (Å²) in [7, 11) is 0. The molecule has 2 heterocycles. The summed E-state index contributed by atoms with van der Waals surface area (Å²) < 4.78 is 12.4. The number of nitrogens with two attached hydrogens (primary N) is 1. The average molecular weight is 313 g/mol. The van der Waals surface area contributed by atoms with Crippen molar-refractivity contribution < 1.29 is 14.6 Å². The minimum atomic E-state index is -0.710. The van der Waals surface area contributed by atoms with Crippen molar-refractivity contribution in [2.45, 2.75) is 44.6 Å². The zero-order valence-electron chi connectivity index (χ0n) is 12.7. The molecule has 1 fully saturated rings. The Morgan fingerprint density at radius 2 is 2.27 bits per heavy atom. The second kappa shape index (κ2) is 7.68. The predicted molar refractivity (Wildman–Crippen MR) is 79.7 cm³/mol. The molecule has 4 N–H and O–H groups in total. The van der Waals surface area contributed by atoms with Gasteiger partial charge in [0.05, 0.1) is 12.7 Å². The number of aromatic nitrogens is 2. The molecule has 1 aromatic rings. The van der Waals surface area contributed by atoms with E-state index in [0.29, 0.717) is 18.7 Å². The summed E-state index contributed by atoms with van der Waals surface area (Å²) in [5, 5.41) is 10.0. The molecule has 1 aliphatic rings. The summed E-state index contributed by atoms with van der Waals surface area (Å²) in [6.45, 7) is 3.06. The normalized spacial score (nSPS) is 24.8. The number of aliphatic hydroxyl groups is 1. The molecule has 0 amide bonds. The molecule has 0 radical (unpaired) electrons. The molecule has 2 rings (SSSR count). The number of aliphatic hydroxyl groups excluding tert-OH is 1. The van der Waals surface area contributed by atoms with Crippen molar-refractivity contribution in [2.24, 2.45) is 5.73 Å². The first-order valence-electron chi connectivity index (χ1n) is 7.46. The molecular formula is C14H23N3O5. The number of aromatic amines is 1. The number of H-pyrrole nitrogens is 1. The van der Waals surface area contributed by atoms with Gasteiger partial charge in [-0.15, -0.1) is 0 Å². The van der Waals surface area contributed by atoms with Crippen LogP contribution in [0.5, 0.6) is 0 Å². The number of unbranched alkanes of at least 4 members (excludes halogenated alkanes) is 1. The highest BCUT2D eigenvalue weighted by Gasteiger charge is 2.35. The summed E-state index contributed by atoms with van der Waals surface area (Å²) in [5.74, 6) is 0. The van der Waals surface area contributed by atoms with E-state index in [9.17, 15) is 14.7 Å². The first-order chi connectivity index (χ1) is 10.5. The molecule has 22 heavy (non-hydrogen) atoms. The van der Waals surface area contributed by atoms with Crippen molar-refractivity contribution in [3.05, 3.63) is 32.6 Å². The van der Waals surface area contributed by atoms with Crippen LogP contribution >= 0.6 is 0 Å². The van der Waals surface area contributed by atoms with Gasteiger partial charge in [-0.25, -0.2) is 4.79 Å². The molecule has 124 valence electrons. The molecule has 0 bridgehead atoms. The number of hydrogen-bond acceptors (Lipinski definition) is 6. The van der Waals surface area contributed by atoms with Crippen molar-refractivity contribution in [1.82, 2.24) is 9.55 Å². The minimum Gasteiger partial charge on any atom is -0.390 e. The quantitative estimate of drug-likeness (QED) is 0.570. The van der Waals surface area contributed by atoms with Crippen LogP contribution in [0.1, 0.15) is 31.1 Å². The zero-order chi connectivity index (χ0) is 16.1. The van der Waals surface area contributed by atoms with Crippen molar-refractivity contribution in [1.29, 1.82) is 0 Å². The highest BCUT2D eigenvalue weighted by Crippen LogP contribution is 2.27. The van der Waals surface area contributed by atoms with E-state index in [4.69, 9.17) is 15.2 Å². The van der Waals surface area contributed by atoms with Gasteiger partial charge < -0.3 is 20.3 Å². The van der Waals surface area contributed by atoms with Crippen LogP contribution in [0.2, 0.25) is 0 Å². The van der Waals surface area contributed by atoms with E-state index in [1.165, 1.54) is 10.8 Å². The maximum Gasteiger partial charge on any atom is 0.330 e. The lowest BCUT2D eigenvalue weighted by Gasteiger charge is -2.16. The van der Waals surface area contributed by atoms with Crippen molar-refractivity contribution >= 4 is 0 Å². The average Bonchev–Trinajstić information content (AvgIpc) is 2.84. The van der Waals surface area contributed by atoms with Gasteiger partial charge in [0.15, 0.2) is 0 Å².